The predicted molar refractivity (Wildman–Crippen MR) is 179 cm³/mol. The Morgan fingerprint density at radius 2 is 1.20 bits per heavy atom. The molecular weight excluding hydrogens is 688 g/mol. The molecule has 2 atom stereocenters. The number of ether oxygens (including phenoxy) is 4. The fourth-order valence-corrected chi connectivity index (χ4v) is 5.76. The van der Waals surface area contributed by atoms with Crippen molar-refractivity contribution in [1.82, 2.24) is 10.6 Å². The minimum absolute atomic E-state index is 0.0265. The average molecular weight is 727 g/mol. The highest BCUT2D eigenvalue weighted by Gasteiger charge is 2.34. The lowest BCUT2D eigenvalue weighted by atomic mass is 10.2. The van der Waals surface area contributed by atoms with Gasteiger partial charge in [-0.25, -0.2) is 18.4 Å². The molecule has 4 aliphatic heterocycles. The van der Waals surface area contributed by atoms with Crippen LogP contribution in [0.4, 0.5) is 49.9 Å². The number of amides is 3. The highest BCUT2D eigenvalue weighted by atomic mass is 32.1. The van der Waals surface area contributed by atoms with Crippen molar-refractivity contribution in [1.29, 1.82) is 0 Å². The van der Waals surface area contributed by atoms with Crippen molar-refractivity contribution in [2.45, 2.75) is 25.6 Å². The van der Waals surface area contributed by atoms with E-state index in [-0.39, 0.29) is 25.0 Å². The molecule has 2 N–H and O–H groups in total. The van der Waals surface area contributed by atoms with Crippen LogP contribution in [0, 0.1) is 11.6 Å². The second-order valence-corrected chi connectivity index (χ2v) is 12.3. The Morgan fingerprint density at radius 1 is 0.780 bits per heavy atom. The largest absolute Gasteiger partial charge is 0.442 e. The maximum atomic E-state index is 14.5. The number of anilines is 4. The molecule has 0 unspecified atom stereocenters. The number of nitrogens with zero attached hydrogens (tertiary/aromatic N) is 4. The first-order valence-electron chi connectivity index (χ1n) is 16.0. The Hall–Kier alpha value is -4.42. The summed E-state index contributed by atoms with van der Waals surface area (Å²) >= 11 is 4.95. The predicted octanol–water partition coefficient (Wildman–Crippen LogP) is 3.29. The van der Waals surface area contributed by atoms with E-state index in [1.165, 1.54) is 21.9 Å². The topological polar surface area (TPSA) is 125 Å². The molecule has 272 valence electrons. The first-order valence-corrected chi connectivity index (χ1v) is 16.4. The number of benzene rings is 2. The zero-order valence-corrected chi connectivity index (χ0v) is 28.1. The molecule has 4 fully saturated rings. The lowest BCUT2D eigenvalue weighted by molar-refractivity contribution is -0.132. The van der Waals surface area contributed by atoms with E-state index in [0.717, 1.165) is 0 Å². The standard InChI is InChI=1S/C16H18F3N3O4.C16H20FN3O3S/c17-12-7-10(1-2-13(12)21-3-5-25-6-4-21)22-9-11(26-16(22)24)8-20-15(23)14(18)19;1-11(24)18-9-13-10-20(16(21)23-13)12-2-3-15(14(17)8-12)19-4-6-22-7-5-19/h1-2,7,11,14H,3-6,8-9H2,(H,20,23);2-3,8,13H,4-7,9-10H2,1H3,(H,18,24)/t11-;13-/m00/s1. The minimum atomic E-state index is -3.13. The van der Waals surface area contributed by atoms with E-state index in [4.69, 9.17) is 31.2 Å². The van der Waals surface area contributed by atoms with E-state index >= 15 is 0 Å². The molecule has 0 aliphatic carbocycles. The van der Waals surface area contributed by atoms with E-state index < -0.39 is 36.4 Å². The maximum absolute atomic E-state index is 14.5. The first kappa shape index (κ1) is 36.9. The van der Waals surface area contributed by atoms with Crippen LogP contribution < -0.4 is 30.2 Å². The molecule has 4 heterocycles. The van der Waals surface area contributed by atoms with Crippen LogP contribution in [-0.4, -0.2) is 121 Å². The molecule has 2 aromatic carbocycles. The van der Waals surface area contributed by atoms with Gasteiger partial charge in [0, 0.05) is 26.2 Å². The molecule has 4 aliphatic rings. The van der Waals surface area contributed by atoms with Crippen LogP contribution in [0.3, 0.4) is 0 Å². The van der Waals surface area contributed by atoms with Crippen molar-refractivity contribution in [3.05, 3.63) is 48.0 Å². The Bertz CT molecular complexity index is 1550. The molecule has 0 spiro atoms. The summed E-state index contributed by atoms with van der Waals surface area (Å²) in [6.45, 7) is 7.07. The second kappa shape index (κ2) is 17.0. The van der Waals surface area contributed by atoms with Gasteiger partial charge in [0.2, 0.25) is 0 Å². The number of carbonyl (C=O) groups is 3. The summed E-state index contributed by atoms with van der Waals surface area (Å²) in [5.41, 5.74) is 1.75. The van der Waals surface area contributed by atoms with Crippen LogP contribution in [0.25, 0.3) is 0 Å². The second-order valence-electron chi connectivity index (χ2n) is 11.7. The fourth-order valence-electron chi connectivity index (χ4n) is 5.68. The summed E-state index contributed by atoms with van der Waals surface area (Å²) < 4.78 is 74.1. The molecule has 18 heteroatoms. The van der Waals surface area contributed by atoms with Gasteiger partial charge in [-0.05, 0) is 43.3 Å². The SMILES string of the molecule is CC(=S)NC[C@H]1CN(c2ccc(N3CCOCC3)c(F)c2)C(=O)O1.O=C(NC[C@H]1CN(c2ccc(N3CCOCC3)c(F)c2)C(=O)O1)C(F)F. The van der Waals surface area contributed by atoms with Gasteiger partial charge in [0.15, 0.2) is 0 Å². The maximum Gasteiger partial charge on any atom is 0.414 e. The summed E-state index contributed by atoms with van der Waals surface area (Å²) in [4.78, 5) is 41.9. The van der Waals surface area contributed by atoms with Crippen molar-refractivity contribution in [2.24, 2.45) is 0 Å². The van der Waals surface area contributed by atoms with Crippen LogP contribution >= 0.6 is 12.2 Å². The molecule has 0 saturated carbocycles. The molecule has 13 nitrogen and oxygen atoms in total. The van der Waals surface area contributed by atoms with Crippen molar-refractivity contribution < 1.29 is 50.9 Å². The van der Waals surface area contributed by atoms with Crippen molar-refractivity contribution >= 4 is 58.0 Å². The lowest BCUT2D eigenvalue weighted by Gasteiger charge is -2.29. The molecule has 0 bridgehead atoms. The number of morpholine rings is 2. The number of hydrogen-bond donors (Lipinski definition) is 2. The Morgan fingerprint density at radius 3 is 1.58 bits per heavy atom. The fraction of sp³-hybridized carbons (Fsp3) is 0.500. The number of thiocarbonyl (C=S) groups is 1. The summed E-state index contributed by atoms with van der Waals surface area (Å²) in [5.74, 6) is -2.26. The van der Waals surface area contributed by atoms with E-state index in [2.05, 4.69) is 5.32 Å². The van der Waals surface area contributed by atoms with Crippen LogP contribution in [0.2, 0.25) is 0 Å². The van der Waals surface area contributed by atoms with Gasteiger partial charge in [-0.2, -0.15) is 8.78 Å². The third-order valence-electron chi connectivity index (χ3n) is 8.22. The molecule has 6 rings (SSSR count). The Kier molecular flexibility index (Phi) is 12.5. The van der Waals surface area contributed by atoms with Gasteiger partial charge >= 0.3 is 18.6 Å². The summed E-state index contributed by atoms with van der Waals surface area (Å²) in [7, 11) is 0. The van der Waals surface area contributed by atoms with E-state index in [9.17, 15) is 31.9 Å². The molecule has 0 aromatic heterocycles. The molecule has 3 amide bonds. The number of cyclic esters (lactones) is 2. The molecular formula is C32H38F4N6O7S. The van der Waals surface area contributed by atoms with Gasteiger partial charge in [-0.3, -0.25) is 14.6 Å². The molecule has 4 saturated heterocycles. The highest BCUT2D eigenvalue weighted by Crippen LogP contribution is 2.30. The average Bonchev–Trinajstić information content (AvgIpc) is 3.68. The van der Waals surface area contributed by atoms with E-state index in [0.29, 0.717) is 93.4 Å². The third kappa shape index (κ3) is 9.42. The van der Waals surface area contributed by atoms with Crippen molar-refractivity contribution in [3.8, 4) is 0 Å². The number of rotatable bonds is 9. The van der Waals surface area contributed by atoms with Gasteiger partial charge in [0.1, 0.15) is 23.8 Å². The first-order chi connectivity index (χ1) is 24.0. The minimum Gasteiger partial charge on any atom is -0.442 e. The van der Waals surface area contributed by atoms with Crippen molar-refractivity contribution in [2.75, 3.05) is 98.4 Å². The summed E-state index contributed by atoms with van der Waals surface area (Å²) in [6, 6.07) is 9.23. The van der Waals surface area contributed by atoms with Gasteiger partial charge in [-0.15, -0.1) is 0 Å². The van der Waals surface area contributed by atoms with Crippen LogP contribution in [0.1, 0.15) is 6.92 Å². The van der Waals surface area contributed by atoms with Crippen LogP contribution in [0.15, 0.2) is 36.4 Å². The van der Waals surface area contributed by atoms with E-state index in [1.807, 2.05) is 15.1 Å². The monoisotopic (exact) mass is 726 g/mol. The number of halogens is 4. The van der Waals surface area contributed by atoms with Crippen LogP contribution in [-0.2, 0) is 23.7 Å². The van der Waals surface area contributed by atoms with Gasteiger partial charge in [-0.1, -0.05) is 12.2 Å². The number of nitrogens with one attached hydrogen (secondary N) is 2. The zero-order valence-electron chi connectivity index (χ0n) is 27.2. The highest BCUT2D eigenvalue weighted by molar-refractivity contribution is 7.80. The lowest BCUT2D eigenvalue weighted by Crippen LogP contribution is -2.37. The molecule has 0 radical (unpaired) electrons. The van der Waals surface area contributed by atoms with Crippen LogP contribution in [0.5, 0.6) is 0 Å². The molecule has 2 aromatic rings. The quantitative estimate of drug-likeness (QED) is 0.292. The number of hydrogen-bond acceptors (Lipinski definition) is 10. The normalized spacial score (nSPS) is 20.7. The third-order valence-corrected chi connectivity index (χ3v) is 8.36. The van der Waals surface area contributed by atoms with E-state index in [1.54, 1.807) is 31.2 Å². The molecule has 50 heavy (non-hydrogen) atoms. The number of carbonyl (C=O) groups excluding carboxylic acids is 3. The van der Waals surface area contributed by atoms with Gasteiger partial charge in [0.25, 0.3) is 5.91 Å². The Labute approximate surface area is 291 Å². The smallest absolute Gasteiger partial charge is 0.414 e. The van der Waals surface area contributed by atoms with Gasteiger partial charge < -0.3 is 39.4 Å². The summed E-state index contributed by atoms with van der Waals surface area (Å²) in [5, 5.41) is 4.97. The Balaban J connectivity index is 0.000000195. The number of alkyl halides is 2. The zero-order chi connectivity index (χ0) is 35.8. The van der Waals surface area contributed by atoms with Crippen molar-refractivity contribution in [3.63, 3.8) is 0 Å². The summed E-state index contributed by atoms with van der Waals surface area (Å²) in [6.07, 6.45) is -5.42. The van der Waals surface area contributed by atoms with Gasteiger partial charge in [0.05, 0.1) is 80.3 Å².